The standard InChI is InChI=1S/C11H16N2O5/c1-11(2,3)18-10(15)12-6-4-5-8(12)9(14)7-13(16)17/h4-6,9,14H,7H2,1-3H3. The third kappa shape index (κ3) is 3.85. The molecule has 0 aliphatic rings. The van der Waals surface area contributed by atoms with Gasteiger partial charge in [0.25, 0.3) is 0 Å². The summed E-state index contributed by atoms with van der Waals surface area (Å²) in [6.07, 6.45) is -0.626. The molecule has 0 bridgehead atoms. The topological polar surface area (TPSA) is 94.6 Å². The normalized spacial score (nSPS) is 13.1. The molecule has 1 N–H and O–H groups in total. The molecule has 18 heavy (non-hydrogen) atoms. The molecule has 1 heterocycles. The fourth-order valence-corrected chi connectivity index (χ4v) is 1.38. The van der Waals surface area contributed by atoms with E-state index < -0.39 is 29.3 Å². The minimum atomic E-state index is -1.34. The van der Waals surface area contributed by atoms with Crippen LogP contribution in [-0.2, 0) is 4.74 Å². The molecule has 7 heteroatoms. The molecule has 7 nitrogen and oxygen atoms in total. The summed E-state index contributed by atoms with van der Waals surface area (Å²) < 4.78 is 6.19. The van der Waals surface area contributed by atoms with Crippen molar-refractivity contribution >= 4 is 6.09 Å². The monoisotopic (exact) mass is 256 g/mol. The molecule has 0 saturated carbocycles. The third-order valence-electron chi connectivity index (χ3n) is 2.03. The van der Waals surface area contributed by atoms with Crippen LogP contribution in [0.3, 0.4) is 0 Å². The number of nitro groups is 1. The van der Waals surface area contributed by atoms with Crippen LogP contribution in [0.1, 0.15) is 32.6 Å². The first-order chi connectivity index (χ1) is 8.20. The molecule has 1 aromatic heterocycles. The highest BCUT2D eigenvalue weighted by molar-refractivity contribution is 5.72. The van der Waals surface area contributed by atoms with Gasteiger partial charge in [0.15, 0.2) is 6.10 Å². The van der Waals surface area contributed by atoms with Crippen molar-refractivity contribution in [2.75, 3.05) is 6.54 Å². The fourth-order valence-electron chi connectivity index (χ4n) is 1.38. The number of ether oxygens (including phenoxy) is 1. The Kier molecular flexibility index (Phi) is 4.07. The van der Waals surface area contributed by atoms with Crippen molar-refractivity contribution in [3.8, 4) is 0 Å². The molecule has 0 amide bonds. The number of aliphatic hydroxyl groups excluding tert-OH is 1. The average Bonchev–Trinajstić information content (AvgIpc) is 2.61. The predicted octanol–water partition coefficient (Wildman–Crippen LogP) is 1.58. The maximum atomic E-state index is 11.8. The Morgan fingerprint density at radius 2 is 2.22 bits per heavy atom. The molecule has 0 aliphatic carbocycles. The Labute approximate surface area is 104 Å². The van der Waals surface area contributed by atoms with Crippen molar-refractivity contribution < 1.29 is 19.6 Å². The number of rotatable bonds is 3. The number of aromatic nitrogens is 1. The lowest BCUT2D eigenvalue weighted by molar-refractivity contribution is -0.491. The number of aliphatic hydroxyl groups is 1. The molecule has 1 atom stereocenters. The molecule has 1 aromatic rings. The van der Waals surface area contributed by atoms with E-state index in [-0.39, 0.29) is 5.69 Å². The lowest BCUT2D eigenvalue weighted by Gasteiger charge is -2.20. The number of carbonyl (C=O) groups is 1. The number of hydrogen-bond acceptors (Lipinski definition) is 5. The molecule has 0 spiro atoms. The van der Waals surface area contributed by atoms with Gasteiger partial charge >= 0.3 is 6.09 Å². The van der Waals surface area contributed by atoms with Crippen molar-refractivity contribution in [2.24, 2.45) is 0 Å². The summed E-state index contributed by atoms with van der Waals surface area (Å²) >= 11 is 0. The molecule has 0 radical (unpaired) electrons. The minimum absolute atomic E-state index is 0.140. The second-order valence-corrected chi connectivity index (χ2v) is 4.81. The highest BCUT2D eigenvalue weighted by Crippen LogP contribution is 2.16. The van der Waals surface area contributed by atoms with Gasteiger partial charge in [0.1, 0.15) is 5.60 Å². The van der Waals surface area contributed by atoms with Gasteiger partial charge in [-0.2, -0.15) is 0 Å². The summed E-state index contributed by atoms with van der Waals surface area (Å²) in [7, 11) is 0. The van der Waals surface area contributed by atoms with Crippen molar-refractivity contribution in [1.82, 2.24) is 4.57 Å². The van der Waals surface area contributed by atoms with E-state index in [1.165, 1.54) is 18.3 Å². The highest BCUT2D eigenvalue weighted by atomic mass is 16.6. The predicted molar refractivity (Wildman–Crippen MR) is 62.9 cm³/mol. The minimum Gasteiger partial charge on any atom is -0.443 e. The zero-order chi connectivity index (χ0) is 13.9. The van der Waals surface area contributed by atoms with Gasteiger partial charge < -0.3 is 9.84 Å². The van der Waals surface area contributed by atoms with E-state index in [2.05, 4.69) is 0 Å². The first kappa shape index (κ1) is 14.2. The van der Waals surface area contributed by atoms with Crippen LogP contribution in [0.25, 0.3) is 0 Å². The van der Waals surface area contributed by atoms with E-state index in [9.17, 15) is 20.0 Å². The molecule has 100 valence electrons. The van der Waals surface area contributed by atoms with Crippen molar-refractivity contribution in [1.29, 1.82) is 0 Å². The summed E-state index contributed by atoms with van der Waals surface area (Å²) in [4.78, 5) is 21.5. The summed E-state index contributed by atoms with van der Waals surface area (Å²) in [5.41, 5.74) is -0.534. The zero-order valence-corrected chi connectivity index (χ0v) is 10.5. The summed E-state index contributed by atoms with van der Waals surface area (Å²) in [6, 6.07) is 2.96. The van der Waals surface area contributed by atoms with E-state index in [1.54, 1.807) is 20.8 Å². The van der Waals surface area contributed by atoms with E-state index in [4.69, 9.17) is 4.74 Å². The van der Waals surface area contributed by atoms with Gasteiger partial charge in [-0.3, -0.25) is 14.7 Å². The number of hydrogen-bond donors (Lipinski definition) is 1. The zero-order valence-electron chi connectivity index (χ0n) is 10.5. The van der Waals surface area contributed by atoms with Crippen LogP contribution in [0.2, 0.25) is 0 Å². The van der Waals surface area contributed by atoms with Crippen LogP contribution in [0, 0.1) is 10.1 Å². The van der Waals surface area contributed by atoms with Crippen LogP contribution in [0.4, 0.5) is 4.79 Å². The van der Waals surface area contributed by atoms with Crippen LogP contribution >= 0.6 is 0 Å². The molecule has 0 saturated heterocycles. The first-order valence-corrected chi connectivity index (χ1v) is 5.41. The van der Waals surface area contributed by atoms with Gasteiger partial charge in [-0.25, -0.2) is 4.79 Å². The maximum Gasteiger partial charge on any atom is 0.418 e. The Hall–Kier alpha value is -1.89. The molecule has 1 unspecified atom stereocenters. The molecule has 1 rings (SSSR count). The van der Waals surface area contributed by atoms with E-state index >= 15 is 0 Å². The first-order valence-electron chi connectivity index (χ1n) is 5.41. The Morgan fingerprint density at radius 1 is 1.61 bits per heavy atom. The number of nitrogens with zero attached hydrogens (tertiary/aromatic N) is 2. The lowest BCUT2D eigenvalue weighted by Crippen LogP contribution is -2.28. The van der Waals surface area contributed by atoms with E-state index in [1.807, 2.05) is 0 Å². The van der Waals surface area contributed by atoms with Gasteiger partial charge in [-0.15, -0.1) is 0 Å². The van der Waals surface area contributed by atoms with Crippen molar-refractivity contribution in [2.45, 2.75) is 32.5 Å². The van der Waals surface area contributed by atoms with Crippen LogP contribution in [-0.4, -0.2) is 32.8 Å². The molecule has 0 aromatic carbocycles. The largest absolute Gasteiger partial charge is 0.443 e. The Bertz CT molecular complexity index is 447. The quantitative estimate of drug-likeness (QED) is 0.654. The maximum absolute atomic E-state index is 11.8. The van der Waals surface area contributed by atoms with Crippen LogP contribution < -0.4 is 0 Å². The SMILES string of the molecule is CC(C)(C)OC(=O)n1cccc1C(O)C[N+](=O)[O-]. The second kappa shape index (κ2) is 5.18. The summed E-state index contributed by atoms with van der Waals surface area (Å²) in [5.74, 6) is 0. The second-order valence-electron chi connectivity index (χ2n) is 4.81. The van der Waals surface area contributed by atoms with Gasteiger partial charge in [-0.05, 0) is 32.9 Å². The smallest absolute Gasteiger partial charge is 0.418 e. The Morgan fingerprint density at radius 3 is 2.72 bits per heavy atom. The molecular weight excluding hydrogens is 240 g/mol. The Balaban J connectivity index is 2.88. The van der Waals surface area contributed by atoms with Crippen molar-refractivity contribution in [3.05, 3.63) is 34.1 Å². The van der Waals surface area contributed by atoms with E-state index in [0.29, 0.717) is 0 Å². The average molecular weight is 256 g/mol. The summed E-state index contributed by atoms with van der Waals surface area (Å²) in [6.45, 7) is 4.47. The highest BCUT2D eigenvalue weighted by Gasteiger charge is 2.24. The van der Waals surface area contributed by atoms with Gasteiger partial charge in [0.05, 0.1) is 5.69 Å². The van der Waals surface area contributed by atoms with E-state index in [0.717, 1.165) is 4.57 Å². The third-order valence-corrected chi connectivity index (χ3v) is 2.03. The summed E-state index contributed by atoms with van der Waals surface area (Å²) in [5, 5.41) is 20.0. The van der Waals surface area contributed by atoms with Crippen LogP contribution in [0.5, 0.6) is 0 Å². The number of carbonyl (C=O) groups excluding carboxylic acids is 1. The van der Waals surface area contributed by atoms with Crippen LogP contribution in [0.15, 0.2) is 18.3 Å². The molecule has 0 aliphatic heterocycles. The lowest BCUT2D eigenvalue weighted by atomic mass is 10.2. The van der Waals surface area contributed by atoms with Gasteiger partial charge in [0, 0.05) is 11.1 Å². The van der Waals surface area contributed by atoms with Crippen molar-refractivity contribution in [3.63, 3.8) is 0 Å². The molecular formula is C11H16N2O5. The van der Waals surface area contributed by atoms with Gasteiger partial charge in [0.2, 0.25) is 6.54 Å². The van der Waals surface area contributed by atoms with Gasteiger partial charge in [-0.1, -0.05) is 0 Å². The fraction of sp³-hybridized carbons (Fsp3) is 0.545. The molecule has 0 fully saturated rings.